The predicted octanol–water partition coefficient (Wildman–Crippen LogP) is 2.20. The molecule has 0 radical (unpaired) electrons. The van der Waals surface area contributed by atoms with Gasteiger partial charge in [-0.3, -0.25) is 0 Å². The van der Waals surface area contributed by atoms with E-state index in [0.29, 0.717) is 12.2 Å². The zero-order valence-corrected chi connectivity index (χ0v) is 8.47. The Morgan fingerprint density at radius 3 is 2.73 bits per heavy atom. The Morgan fingerprint density at radius 2 is 2.07 bits per heavy atom. The van der Waals surface area contributed by atoms with E-state index >= 15 is 0 Å². The Morgan fingerprint density at radius 1 is 1.33 bits per heavy atom. The van der Waals surface area contributed by atoms with Gasteiger partial charge in [0.05, 0.1) is 13.2 Å². The Kier molecular flexibility index (Phi) is 2.72. The summed E-state index contributed by atoms with van der Waals surface area (Å²) in [6, 6.07) is 9.66. The third-order valence-corrected chi connectivity index (χ3v) is 2.36. The van der Waals surface area contributed by atoms with Crippen molar-refractivity contribution < 1.29 is 14.3 Å². The van der Waals surface area contributed by atoms with Gasteiger partial charge < -0.3 is 9.47 Å². The van der Waals surface area contributed by atoms with Crippen LogP contribution in [0, 0.1) is 0 Å². The molecule has 0 spiro atoms. The molecular formula is C12H12O3. The Hall–Kier alpha value is -1.77. The third-order valence-electron chi connectivity index (χ3n) is 2.36. The minimum atomic E-state index is -0.341. The van der Waals surface area contributed by atoms with Crippen LogP contribution in [0.15, 0.2) is 42.2 Å². The van der Waals surface area contributed by atoms with Crippen molar-refractivity contribution in [1.29, 1.82) is 0 Å². The first kappa shape index (κ1) is 9.77. The van der Waals surface area contributed by atoms with Crippen molar-refractivity contribution >= 4 is 5.97 Å². The molecule has 1 atom stereocenters. The fourth-order valence-electron chi connectivity index (χ4n) is 1.58. The lowest BCUT2D eigenvalue weighted by atomic mass is 10.0. The average Bonchev–Trinajstić information content (AvgIpc) is 2.29. The van der Waals surface area contributed by atoms with E-state index in [4.69, 9.17) is 9.47 Å². The van der Waals surface area contributed by atoms with Crippen LogP contribution in [0.3, 0.4) is 0 Å². The molecule has 0 amide bonds. The number of cyclic esters (lactones) is 1. The number of ether oxygens (including phenoxy) is 2. The van der Waals surface area contributed by atoms with Crippen molar-refractivity contribution in [2.75, 3.05) is 7.11 Å². The zero-order valence-electron chi connectivity index (χ0n) is 8.47. The molecule has 15 heavy (non-hydrogen) atoms. The predicted molar refractivity (Wildman–Crippen MR) is 55.0 cm³/mol. The van der Waals surface area contributed by atoms with Gasteiger partial charge in [0.15, 0.2) is 0 Å². The van der Waals surface area contributed by atoms with Crippen molar-refractivity contribution in [1.82, 2.24) is 0 Å². The topological polar surface area (TPSA) is 35.5 Å². The second-order valence-corrected chi connectivity index (χ2v) is 3.36. The molecule has 1 aromatic carbocycles. The normalized spacial score (nSPS) is 20.5. The van der Waals surface area contributed by atoms with Crippen molar-refractivity contribution in [2.45, 2.75) is 12.5 Å². The number of esters is 1. The highest BCUT2D eigenvalue weighted by molar-refractivity contribution is 5.83. The highest BCUT2D eigenvalue weighted by Gasteiger charge is 2.23. The van der Waals surface area contributed by atoms with Crippen molar-refractivity contribution in [3.63, 3.8) is 0 Å². The minimum absolute atomic E-state index is 0.223. The monoisotopic (exact) mass is 204 g/mol. The van der Waals surface area contributed by atoms with E-state index in [1.54, 1.807) is 7.11 Å². The maximum absolute atomic E-state index is 11.2. The summed E-state index contributed by atoms with van der Waals surface area (Å²) in [5.41, 5.74) is 0.994. The summed E-state index contributed by atoms with van der Waals surface area (Å²) in [6.45, 7) is 0. The van der Waals surface area contributed by atoms with Gasteiger partial charge >= 0.3 is 5.97 Å². The van der Waals surface area contributed by atoms with Gasteiger partial charge in [-0.25, -0.2) is 4.79 Å². The van der Waals surface area contributed by atoms with E-state index in [1.807, 2.05) is 30.3 Å². The second-order valence-electron chi connectivity index (χ2n) is 3.36. The number of benzene rings is 1. The number of carbonyl (C=O) groups is 1. The van der Waals surface area contributed by atoms with E-state index in [0.717, 1.165) is 5.56 Å². The zero-order chi connectivity index (χ0) is 10.7. The maximum Gasteiger partial charge on any atom is 0.334 e. The van der Waals surface area contributed by atoms with Crippen LogP contribution >= 0.6 is 0 Å². The summed E-state index contributed by atoms with van der Waals surface area (Å²) in [4.78, 5) is 11.2. The van der Waals surface area contributed by atoms with Crippen LogP contribution in [0.2, 0.25) is 0 Å². The van der Waals surface area contributed by atoms with E-state index in [-0.39, 0.29) is 12.1 Å². The van der Waals surface area contributed by atoms with Crippen LogP contribution < -0.4 is 0 Å². The van der Waals surface area contributed by atoms with Gasteiger partial charge in [-0.05, 0) is 5.56 Å². The number of hydrogen-bond acceptors (Lipinski definition) is 3. The summed E-state index contributed by atoms with van der Waals surface area (Å²) in [5, 5.41) is 0. The molecule has 78 valence electrons. The molecule has 0 saturated carbocycles. The van der Waals surface area contributed by atoms with Crippen LogP contribution in [0.4, 0.5) is 0 Å². The lowest BCUT2D eigenvalue weighted by Gasteiger charge is -2.22. The van der Waals surface area contributed by atoms with E-state index in [1.165, 1.54) is 6.08 Å². The SMILES string of the molecule is COC1=CC(=O)OC(c2ccccc2)C1. The Labute approximate surface area is 88.3 Å². The summed E-state index contributed by atoms with van der Waals surface area (Å²) < 4.78 is 10.3. The molecular weight excluding hydrogens is 192 g/mol. The quantitative estimate of drug-likeness (QED) is 0.693. The summed E-state index contributed by atoms with van der Waals surface area (Å²) in [5.74, 6) is 0.326. The van der Waals surface area contributed by atoms with Gasteiger partial charge in [-0.1, -0.05) is 30.3 Å². The highest BCUT2D eigenvalue weighted by Crippen LogP contribution is 2.28. The lowest BCUT2D eigenvalue weighted by molar-refractivity contribution is -0.145. The van der Waals surface area contributed by atoms with Crippen LogP contribution in [-0.2, 0) is 14.3 Å². The molecule has 0 saturated heterocycles. The fraction of sp³-hybridized carbons (Fsp3) is 0.250. The third kappa shape index (κ3) is 2.18. The molecule has 0 bridgehead atoms. The largest absolute Gasteiger partial charge is 0.501 e. The first-order valence-corrected chi connectivity index (χ1v) is 4.79. The van der Waals surface area contributed by atoms with Gasteiger partial charge in [-0.2, -0.15) is 0 Å². The van der Waals surface area contributed by atoms with Gasteiger partial charge in [0, 0.05) is 6.42 Å². The molecule has 1 aliphatic rings. The van der Waals surface area contributed by atoms with Crippen LogP contribution in [0.5, 0.6) is 0 Å². The number of methoxy groups -OCH3 is 1. The van der Waals surface area contributed by atoms with Crippen molar-refractivity contribution in [2.24, 2.45) is 0 Å². The fourth-order valence-corrected chi connectivity index (χ4v) is 1.58. The summed E-state index contributed by atoms with van der Waals surface area (Å²) >= 11 is 0. The lowest BCUT2D eigenvalue weighted by Crippen LogP contribution is -2.16. The molecule has 1 unspecified atom stereocenters. The minimum Gasteiger partial charge on any atom is -0.501 e. The van der Waals surface area contributed by atoms with Crippen molar-refractivity contribution in [3.05, 3.63) is 47.7 Å². The summed E-state index contributed by atoms with van der Waals surface area (Å²) in [6.07, 6.45) is 1.77. The Bertz CT molecular complexity index is 381. The smallest absolute Gasteiger partial charge is 0.334 e. The van der Waals surface area contributed by atoms with E-state index in [2.05, 4.69) is 0 Å². The average molecular weight is 204 g/mol. The molecule has 0 aromatic heterocycles. The molecule has 0 N–H and O–H groups in total. The second kappa shape index (κ2) is 4.17. The Balaban J connectivity index is 2.20. The molecule has 0 fully saturated rings. The van der Waals surface area contributed by atoms with Crippen molar-refractivity contribution in [3.8, 4) is 0 Å². The molecule has 0 aliphatic carbocycles. The number of rotatable bonds is 2. The molecule has 2 rings (SSSR count). The summed E-state index contributed by atoms with van der Waals surface area (Å²) in [7, 11) is 1.56. The molecule has 1 heterocycles. The molecule has 1 aromatic rings. The molecule has 1 aliphatic heterocycles. The van der Waals surface area contributed by atoms with Gasteiger partial charge in [0.2, 0.25) is 0 Å². The highest BCUT2D eigenvalue weighted by atomic mass is 16.5. The maximum atomic E-state index is 11.2. The van der Waals surface area contributed by atoms with Crippen LogP contribution in [-0.4, -0.2) is 13.1 Å². The van der Waals surface area contributed by atoms with Gasteiger partial charge in [-0.15, -0.1) is 0 Å². The first-order valence-electron chi connectivity index (χ1n) is 4.79. The molecule has 3 heteroatoms. The number of carbonyl (C=O) groups excluding carboxylic acids is 1. The van der Waals surface area contributed by atoms with Gasteiger partial charge in [0.1, 0.15) is 11.9 Å². The molecule has 3 nitrogen and oxygen atoms in total. The van der Waals surface area contributed by atoms with E-state index in [9.17, 15) is 4.79 Å². The van der Waals surface area contributed by atoms with Gasteiger partial charge in [0.25, 0.3) is 0 Å². The number of hydrogen-bond donors (Lipinski definition) is 0. The standard InChI is InChI=1S/C12H12O3/c1-14-10-7-11(15-12(13)8-10)9-5-3-2-4-6-9/h2-6,8,11H,7H2,1H3. The van der Waals surface area contributed by atoms with Crippen LogP contribution in [0.1, 0.15) is 18.1 Å². The van der Waals surface area contributed by atoms with E-state index < -0.39 is 0 Å². The first-order chi connectivity index (χ1) is 7.29. The van der Waals surface area contributed by atoms with Crippen LogP contribution in [0.25, 0.3) is 0 Å².